The van der Waals surface area contributed by atoms with Gasteiger partial charge in [0.05, 0.1) is 6.33 Å². The quantitative estimate of drug-likeness (QED) is 0.846. The van der Waals surface area contributed by atoms with Crippen molar-refractivity contribution in [2.45, 2.75) is 25.9 Å². The molecule has 3 rings (SSSR count). The van der Waals surface area contributed by atoms with E-state index in [2.05, 4.69) is 9.55 Å². The Balaban J connectivity index is 1.51. The summed E-state index contributed by atoms with van der Waals surface area (Å²) < 4.78 is 3.55. The lowest BCUT2D eigenvalue weighted by Gasteiger charge is -2.32. The van der Waals surface area contributed by atoms with Gasteiger partial charge in [-0.2, -0.15) is 0 Å². The lowest BCUT2D eigenvalue weighted by molar-refractivity contribution is -0.133. The fraction of sp³-hybridized carbons (Fsp3) is 0.438. The number of imidazole rings is 1. The third-order valence-electron chi connectivity index (χ3n) is 4.20. The normalized spacial score (nSPS) is 15.9. The molecule has 3 heterocycles. The van der Waals surface area contributed by atoms with Crippen LogP contribution in [0.4, 0.5) is 0 Å². The van der Waals surface area contributed by atoms with Crippen molar-refractivity contribution in [3.63, 3.8) is 0 Å². The maximum Gasteiger partial charge on any atom is 0.250 e. The lowest BCUT2D eigenvalue weighted by Crippen LogP contribution is -2.42. The van der Waals surface area contributed by atoms with Crippen molar-refractivity contribution in [3.8, 4) is 0 Å². The van der Waals surface area contributed by atoms with Crippen LogP contribution < -0.4 is 5.56 Å². The average molecular weight is 300 g/mol. The van der Waals surface area contributed by atoms with Crippen molar-refractivity contribution in [1.29, 1.82) is 0 Å². The molecule has 1 aliphatic rings. The number of piperidine rings is 1. The summed E-state index contributed by atoms with van der Waals surface area (Å²) in [6, 6.07) is 4.93. The van der Waals surface area contributed by atoms with Gasteiger partial charge in [-0.05, 0) is 24.8 Å². The minimum absolute atomic E-state index is 0.0226. The maximum atomic E-state index is 12.3. The second-order valence-electron chi connectivity index (χ2n) is 5.75. The predicted octanol–water partition coefficient (Wildman–Crippen LogP) is 0.984. The van der Waals surface area contributed by atoms with Gasteiger partial charge in [0.2, 0.25) is 5.91 Å². The summed E-state index contributed by atoms with van der Waals surface area (Å²) in [5.74, 6) is 0.604. The highest BCUT2D eigenvalue weighted by Gasteiger charge is 2.23. The first-order chi connectivity index (χ1) is 10.7. The fourth-order valence-electron chi connectivity index (χ4n) is 2.89. The van der Waals surface area contributed by atoms with Crippen molar-refractivity contribution in [1.82, 2.24) is 19.0 Å². The van der Waals surface area contributed by atoms with Gasteiger partial charge in [0, 0.05) is 44.3 Å². The number of nitrogens with zero attached hydrogens (tertiary/aromatic N) is 4. The van der Waals surface area contributed by atoms with E-state index >= 15 is 0 Å². The Morgan fingerprint density at radius 1 is 1.23 bits per heavy atom. The number of hydrogen-bond acceptors (Lipinski definition) is 3. The van der Waals surface area contributed by atoms with Crippen LogP contribution in [0.15, 0.2) is 47.9 Å². The molecule has 0 unspecified atom stereocenters. The number of hydrogen-bond donors (Lipinski definition) is 0. The smallest absolute Gasteiger partial charge is 0.250 e. The molecule has 0 N–H and O–H groups in total. The summed E-state index contributed by atoms with van der Waals surface area (Å²) in [6.45, 7) is 2.62. The maximum absolute atomic E-state index is 12.3. The van der Waals surface area contributed by atoms with E-state index in [4.69, 9.17) is 0 Å². The third kappa shape index (κ3) is 3.44. The second-order valence-corrected chi connectivity index (χ2v) is 5.75. The Labute approximate surface area is 129 Å². The van der Waals surface area contributed by atoms with Gasteiger partial charge >= 0.3 is 0 Å². The Kier molecular flexibility index (Phi) is 4.37. The molecule has 0 radical (unpaired) electrons. The van der Waals surface area contributed by atoms with Crippen LogP contribution in [0.5, 0.6) is 0 Å². The van der Waals surface area contributed by atoms with Crippen molar-refractivity contribution < 1.29 is 4.79 Å². The molecule has 0 bridgehead atoms. The van der Waals surface area contributed by atoms with E-state index in [1.54, 1.807) is 24.5 Å². The number of carbonyl (C=O) groups excluding carboxylic acids is 1. The first-order valence-electron chi connectivity index (χ1n) is 7.61. The predicted molar refractivity (Wildman–Crippen MR) is 82.2 cm³/mol. The van der Waals surface area contributed by atoms with Gasteiger partial charge in [0.1, 0.15) is 6.54 Å². The summed E-state index contributed by atoms with van der Waals surface area (Å²) in [6.07, 6.45) is 9.24. The number of aromatic nitrogens is 3. The number of rotatable bonds is 4. The first kappa shape index (κ1) is 14.6. The average Bonchev–Trinajstić information content (AvgIpc) is 3.03. The van der Waals surface area contributed by atoms with Crippen molar-refractivity contribution in [2.24, 2.45) is 5.92 Å². The van der Waals surface area contributed by atoms with Crippen LogP contribution in [0.2, 0.25) is 0 Å². The zero-order valence-electron chi connectivity index (χ0n) is 12.5. The summed E-state index contributed by atoms with van der Waals surface area (Å²) in [5.41, 5.74) is -0.133. The zero-order chi connectivity index (χ0) is 15.4. The molecule has 0 saturated carbocycles. The molecular formula is C16H20N4O2. The molecule has 0 spiro atoms. The molecule has 6 heteroatoms. The minimum atomic E-state index is -0.133. The van der Waals surface area contributed by atoms with Gasteiger partial charge in [-0.25, -0.2) is 4.98 Å². The molecule has 6 nitrogen and oxygen atoms in total. The van der Waals surface area contributed by atoms with Crippen LogP contribution in [0.25, 0.3) is 0 Å². The summed E-state index contributed by atoms with van der Waals surface area (Å²) >= 11 is 0. The fourth-order valence-corrected chi connectivity index (χ4v) is 2.89. The summed E-state index contributed by atoms with van der Waals surface area (Å²) in [7, 11) is 0. The zero-order valence-corrected chi connectivity index (χ0v) is 12.5. The van der Waals surface area contributed by atoms with E-state index < -0.39 is 0 Å². The second kappa shape index (κ2) is 6.60. The number of pyridine rings is 1. The molecule has 0 aliphatic carbocycles. The molecule has 0 atom stereocenters. The van der Waals surface area contributed by atoms with Gasteiger partial charge in [0.15, 0.2) is 0 Å². The van der Waals surface area contributed by atoms with Crippen molar-refractivity contribution >= 4 is 5.91 Å². The Bertz CT molecular complexity index is 669. The van der Waals surface area contributed by atoms with Crippen molar-refractivity contribution in [3.05, 3.63) is 53.5 Å². The van der Waals surface area contributed by atoms with E-state index in [0.29, 0.717) is 5.92 Å². The molecule has 1 amide bonds. The van der Waals surface area contributed by atoms with Crippen LogP contribution in [0.3, 0.4) is 0 Å². The van der Waals surface area contributed by atoms with Gasteiger partial charge in [0.25, 0.3) is 5.56 Å². The summed E-state index contributed by atoms with van der Waals surface area (Å²) in [4.78, 5) is 29.9. The van der Waals surface area contributed by atoms with E-state index in [1.807, 2.05) is 17.4 Å². The van der Waals surface area contributed by atoms with Gasteiger partial charge in [-0.3, -0.25) is 9.59 Å². The minimum Gasteiger partial charge on any atom is -0.341 e. The molecule has 2 aromatic heterocycles. The standard InChI is InChI=1S/C16H20N4O2/c21-15-3-1-2-7-20(15)12-16(22)19-8-4-14(5-9-19)11-18-10-6-17-13-18/h1-3,6-7,10,13-14H,4-5,8-9,11-12H2. The number of likely N-dealkylation sites (tertiary alicyclic amines) is 1. The Morgan fingerprint density at radius 3 is 2.73 bits per heavy atom. The van der Waals surface area contributed by atoms with Gasteiger partial charge in [-0.15, -0.1) is 0 Å². The SMILES string of the molecule is O=C(Cn1ccccc1=O)N1CCC(Cn2ccnc2)CC1. The van der Waals surface area contributed by atoms with Crippen LogP contribution in [-0.2, 0) is 17.9 Å². The Morgan fingerprint density at radius 2 is 2.05 bits per heavy atom. The third-order valence-corrected chi connectivity index (χ3v) is 4.20. The number of carbonyl (C=O) groups is 1. The molecule has 0 aromatic carbocycles. The molecular weight excluding hydrogens is 280 g/mol. The van der Waals surface area contributed by atoms with E-state index in [0.717, 1.165) is 32.5 Å². The number of amides is 1. The molecule has 1 saturated heterocycles. The molecule has 2 aromatic rings. The largest absolute Gasteiger partial charge is 0.341 e. The molecule has 116 valence electrons. The topological polar surface area (TPSA) is 60.1 Å². The summed E-state index contributed by atoms with van der Waals surface area (Å²) in [5, 5.41) is 0. The highest BCUT2D eigenvalue weighted by Crippen LogP contribution is 2.19. The molecule has 1 fully saturated rings. The molecule has 1 aliphatic heterocycles. The monoisotopic (exact) mass is 300 g/mol. The molecule has 22 heavy (non-hydrogen) atoms. The highest BCUT2D eigenvalue weighted by atomic mass is 16.2. The van der Waals surface area contributed by atoms with Crippen LogP contribution >= 0.6 is 0 Å². The van der Waals surface area contributed by atoms with Gasteiger partial charge in [-0.1, -0.05) is 6.07 Å². The Hall–Kier alpha value is -2.37. The van der Waals surface area contributed by atoms with Crippen LogP contribution in [0.1, 0.15) is 12.8 Å². The lowest BCUT2D eigenvalue weighted by atomic mass is 9.96. The van der Waals surface area contributed by atoms with E-state index in [1.165, 1.54) is 10.6 Å². The first-order valence-corrected chi connectivity index (χ1v) is 7.61. The highest BCUT2D eigenvalue weighted by molar-refractivity contribution is 5.76. The van der Waals surface area contributed by atoms with Gasteiger partial charge < -0.3 is 14.0 Å². The van der Waals surface area contributed by atoms with Crippen LogP contribution in [0, 0.1) is 5.92 Å². The van der Waals surface area contributed by atoms with E-state index in [-0.39, 0.29) is 18.0 Å². The van der Waals surface area contributed by atoms with Crippen LogP contribution in [-0.4, -0.2) is 38.0 Å². The van der Waals surface area contributed by atoms with Crippen molar-refractivity contribution in [2.75, 3.05) is 13.1 Å². The van der Waals surface area contributed by atoms with E-state index in [9.17, 15) is 9.59 Å².